The number of nitrogens with zero attached hydrogens (tertiary/aromatic N) is 1. The molecule has 186 valence electrons. The minimum absolute atomic E-state index is 0.0129. The van der Waals surface area contributed by atoms with Gasteiger partial charge in [0.1, 0.15) is 6.61 Å². The number of carbonyl (C=O) groups excluding carboxylic acids is 2. The van der Waals surface area contributed by atoms with Crippen molar-refractivity contribution in [2.45, 2.75) is 39.2 Å². The number of allylic oxidation sites excluding steroid dienone is 1. The summed E-state index contributed by atoms with van der Waals surface area (Å²) in [6, 6.07) is 14.5. The summed E-state index contributed by atoms with van der Waals surface area (Å²) in [6.45, 7) is 8.69. The van der Waals surface area contributed by atoms with Gasteiger partial charge in [0, 0.05) is 31.1 Å². The Balaban J connectivity index is 1.85. The van der Waals surface area contributed by atoms with Crippen LogP contribution in [0.5, 0.6) is 0 Å². The van der Waals surface area contributed by atoms with Crippen LogP contribution in [0.2, 0.25) is 0 Å². The third kappa shape index (κ3) is 6.26. The minimum Gasteiger partial charge on any atom is -0.460 e. The molecule has 0 aromatic heterocycles. The first-order chi connectivity index (χ1) is 16.5. The topological polar surface area (TPSA) is 79.9 Å². The second kappa shape index (κ2) is 11.0. The van der Waals surface area contributed by atoms with Crippen molar-refractivity contribution in [1.82, 2.24) is 10.2 Å². The molecule has 7 nitrogen and oxygen atoms in total. The van der Waals surface area contributed by atoms with E-state index in [1.807, 2.05) is 55.5 Å². The van der Waals surface area contributed by atoms with E-state index in [0.717, 1.165) is 11.1 Å². The summed E-state index contributed by atoms with van der Waals surface area (Å²) in [5.41, 5.74) is 4.29. The standard InChI is InChI=1S/C27H33N3O4S/c1-17-22(25(32)34-15-14-33-6)23(29-26(35)30(17)5)19-8-7-9-21(16-19)28-24(31)18-10-12-20(13-11-18)27(2,3)4/h7-13,16,23H,14-15H2,1-6H3,(H,28,31)(H,29,35)/t23-/m1/s1. The molecule has 2 aromatic carbocycles. The van der Waals surface area contributed by atoms with E-state index in [1.165, 1.54) is 0 Å². The maximum Gasteiger partial charge on any atom is 0.338 e. The molecule has 0 fully saturated rings. The number of methoxy groups -OCH3 is 1. The first-order valence-corrected chi connectivity index (χ1v) is 11.9. The van der Waals surface area contributed by atoms with Crippen LogP contribution >= 0.6 is 12.2 Å². The van der Waals surface area contributed by atoms with Gasteiger partial charge in [-0.25, -0.2) is 4.79 Å². The quantitative estimate of drug-likeness (QED) is 0.331. The average Bonchev–Trinajstić information content (AvgIpc) is 2.82. The molecule has 2 aromatic rings. The lowest BCUT2D eigenvalue weighted by molar-refractivity contribution is -0.140. The maximum absolute atomic E-state index is 12.9. The highest BCUT2D eigenvalue weighted by Crippen LogP contribution is 2.32. The Morgan fingerprint density at radius 3 is 2.43 bits per heavy atom. The van der Waals surface area contributed by atoms with Crippen LogP contribution in [0.25, 0.3) is 0 Å². The van der Waals surface area contributed by atoms with Crippen molar-refractivity contribution in [1.29, 1.82) is 0 Å². The molecule has 0 saturated carbocycles. The van der Waals surface area contributed by atoms with E-state index in [-0.39, 0.29) is 17.9 Å². The molecule has 1 aliphatic heterocycles. The molecule has 0 saturated heterocycles. The molecule has 0 bridgehead atoms. The predicted octanol–water partition coefficient (Wildman–Crippen LogP) is 4.56. The Hall–Kier alpha value is -3.23. The van der Waals surface area contributed by atoms with Crippen LogP contribution in [0.15, 0.2) is 59.8 Å². The zero-order valence-electron chi connectivity index (χ0n) is 21.1. The molecule has 35 heavy (non-hydrogen) atoms. The number of amides is 1. The lowest BCUT2D eigenvalue weighted by Crippen LogP contribution is -2.46. The smallest absolute Gasteiger partial charge is 0.338 e. The third-order valence-electron chi connectivity index (χ3n) is 5.99. The Labute approximate surface area is 212 Å². The first-order valence-electron chi connectivity index (χ1n) is 11.5. The molecule has 2 N–H and O–H groups in total. The van der Waals surface area contributed by atoms with Gasteiger partial charge in [0.05, 0.1) is 18.2 Å². The molecule has 0 radical (unpaired) electrons. The van der Waals surface area contributed by atoms with Gasteiger partial charge in [0.25, 0.3) is 5.91 Å². The summed E-state index contributed by atoms with van der Waals surface area (Å²) in [6.07, 6.45) is 0. The van der Waals surface area contributed by atoms with E-state index >= 15 is 0 Å². The third-order valence-corrected chi connectivity index (χ3v) is 6.38. The van der Waals surface area contributed by atoms with Gasteiger partial charge in [-0.3, -0.25) is 4.79 Å². The zero-order chi connectivity index (χ0) is 25.8. The summed E-state index contributed by atoms with van der Waals surface area (Å²) in [4.78, 5) is 27.6. The molecule has 1 aliphatic rings. The normalized spacial score (nSPS) is 16.1. The van der Waals surface area contributed by atoms with Crippen molar-refractivity contribution in [3.05, 3.63) is 76.5 Å². The number of carbonyl (C=O) groups is 2. The molecule has 0 spiro atoms. The fourth-order valence-electron chi connectivity index (χ4n) is 3.77. The highest BCUT2D eigenvalue weighted by atomic mass is 32.1. The molecule has 8 heteroatoms. The number of esters is 1. The molecular weight excluding hydrogens is 462 g/mol. The largest absolute Gasteiger partial charge is 0.460 e. The van der Waals surface area contributed by atoms with Crippen LogP contribution in [0.3, 0.4) is 0 Å². The summed E-state index contributed by atoms with van der Waals surface area (Å²) in [7, 11) is 3.35. The molecule has 1 heterocycles. The molecular formula is C27H33N3O4S. The van der Waals surface area contributed by atoms with Gasteiger partial charge in [0.2, 0.25) is 0 Å². The maximum atomic E-state index is 12.9. The highest BCUT2D eigenvalue weighted by molar-refractivity contribution is 7.80. The van der Waals surface area contributed by atoms with Crippen LogP contribution in [0.4, 0.5) is 5.69 Å². The first kappa shape index (κ1) is 26.4. The summed E-state index contributed by atoms with van der Waals surface area (Å²) in [5, 5.41) is 6.67. The summed E-state index contributed by atoms with van der Waals surface area (Å²) >= 11 is 5.47. The molecule has 3 rings (SSSR count). The van der Waals surface area contributed by atoms with E-state index in [9.17, 15) is 9.59 Å². The minimum atomic E-state index is -0.517. The highest BCUT2D eigenvalue weighted by Gasteiger charge is 2.33. The lowest BCUT2D eigenvalue weighted by Gasteiger charge is -2.35. The van der Waals surface area contributed by atoms with Crippen molar-refractivity contribution in [2.24, 2.45) is 0 Å². The van der Waals surface area contributed by atoms with Crippen LogP contribution in [0.1, 0.15) is 55.2 Å². The molecule has 1 atom stereocenters. The predicted molar refractivity (Wildman–Crippen MR) is 141 cm³/mol. The van der Waals surface area contributed by atoms with Crippen LogP contribution in [-0.4, -0.2) is 49.3 Å². The number of rotatable bonds is 7. The summed E-state index contributed by atoms with van der Waals surface area (Å²) < 4.78 is 10.4. The van der Waals surface area contributed by atoms with Crippen molar-refractivity contribution in [2.75, 3.05) is 32.7 Å². The van der Waals surface area contributed by atoms with Crippen LogP contribution in [-0.2, 0) is 19.7 Å². The molecule has 0 aliphatic carbocycles. The second-order valence-corrected chi connectivity index (χ2v) is 9.86. The lowest BCUT2D eigenvalue weighted by atomic mass is 9.86. The van der Waals surface area contributed by atoms with Crippen molar-refractivity contribution in [3.8, 4) is 0 Å². The Morgan fingerprint density at radius 1 is 1.11 bits per heavy atom. The van der Waals surface area contributed by atoms with Crippen molar-refractivity contribution < 1.29 is 19.1 Å². The fourth-order valence-corrected chi connectivity index (χ4v) is 4.02. The molecule has 0 unspecified atom stereocenters. The van der Waals surface area contributed by atoms with Gasteiger partial charge >= 0.3 is 5.97 Å². The Bertz CT molecular complexity index is 1140. The van der Waals surface area contributed by atoms with Gasteiger partial charge in [-0.1, -0.05) is 45.0 Å². The van der Waals surface area contributed by atoms with Crippen LogP contribution < -0.4 is 10.6 Å². The Morgan fingerprint density at radius 2 is 1.80 bits per heavy atom. The van der Waals surface area contributed by atoms with E-state index in [0.29, 0.717) is 34.2 Å². The second-order valence-electron chi connectivity index (χ2n) is 9.48. The zero-order valence-corrected chi connectivity index (χ0v) is 21.9. The number of thiocarbonyl (C=S) groups is 1. The van der Waals surface area contributed by atoms with Gasteiger partial charge in [-0.15, -0.1) is 0 Å². The van der Waals surface area contributed by atoms with E-state index in [2.05, 4.69) is 31.4 Å². The van der Waals surface area contributed by atoms with Gasteiger partial charge in [-0.2, -0.15) is 0 Å². The van der Waals surface area contributed by atoms with E-state index < -0.39 is 12.0 Å². The average molecular weight is 496 g/mol. The number of ether oxygens (including phenoxy) is 2. The van der Waals surface area contributed by atoms with Crippen molar-refractivity contribution in [3.63, 3.8) is 0 Å². The van der Waals surface area contributed by atoms with Crippen LogP contribution in [0, 0.1) is 0 Å². The fraction of sp³-hybridized carbons (Fsp3) is 0.370. The Kier molecular flexibility index (Phi) is 8.30. The van der Waals surface area contributed by atoms with Gasteiger partial charge < -0.3 is 25.0 Å². The number of hydrogen-bond acceptors (Lipinski definition) is 5. The molecule has 1 amide bonds. The van der Waals surface area contributed by atoms with E-state index in [1.54, 1.807) is 19.1 Å². The number of hydrogen-bond donors (Lipinski definition) is 2. The van der Waals surface area contributed by atoms with E-state index in [4.69, 9.17) is 21.7 Å². The number of benzene rings is 2. The summed E-state index contributed by atoms with van der Waals surface area (Å²) in [5.74, 6) is -0.653. The number of anilines is 1. The van der Waals surface area contributed by atoms with Gasteiger partial charge in [-0.05, 0) is 59.9 Å². The number of nitrogens with one attached hydrogen (secondary N) is 2. The van der Waals surface area contributed by atoms with Crippen molar-refractivity contribution >= 4 is 34.9 Å². The van der Waals surface area contributed by atoms with Gasteiger partial charge in [0.15, 0.2) is 5.11 Å². The SMILES string of the molecule is COCCOC(=O)C1=C(C)N(C)C(=S)N[C@@H]1c1cccc(NC(=O)c2ccc(C(C)(C)C)cc2)c1. The monoisotopic (exact) mass is 495 g/mol.